The van der Waals surface area contributed by atoms with Crippen LogP contribution in [0.1, 0.15) is 17.2 Å². The van der Waals surface area contributed by atoms with Gasteiger partial charge >= 0.3 is 0 Å². The molecule has 0 bridgehead atoms. The molecule has 1 unspecified atom stereocenters. The number of hydrogen-bond donors (Lipinski definition) is 1. The van der Waals surface area contributed by atoms with Crippen LogP contribution < -0.4 is 5.32 Å². The average molecular weight is 292 g/mol. The Morgan fingerprint density at radius 3 is 2.71 bits per heavy atom. The van der Waals surface area contributed by atoms with E-state index < -0.39 is 0 Å². The number of benzene rings is 2. The topological polar surface area (TPSA) is 12.0 Å². The fourth-order valence-electron chi connectivity index (χ4n) is 2.29. The Balaban J connectivity index is 1.97. The number of hydrogen-bond acceptors (Lipinski definition) is 1. The molecule has 0 saturated heterocycles. The minimum atomic E-state index is -0.121. The van der Waals surface area contributed by atoms with E-state index in [0.29, 0.717) is 6.42 Å². The minimum Gasteiger partial charge on any atom is -0.378 e. The summed E-state index contributed by atoms with van der Waals surface area (Å²) in [7, 11) is 0. The molecule has 3 heteroatoms. The Bertz CT molecular complexity index is 568. The predicted octanol–water partition coefficient (Wildman–Crippen LogP) is 4.30. The van der Waals surface area contributed by atoms with Crippen LogP contribution in [0.2, 0.25) is 0 Å². The largest absolute Gasteiger partial charge is 0.378 e. The lowest BCUT2D eigenvalue weighted by Crippen LogP contribution is -2.06. The van der Waals surface area contributed by atoms with Crippen LogP contribution in [-0.4, -0.2) is 0 Å². The summed E-state index contributed by atoms with van der Waals surface area (Å²) in [6, 6.07) is 13.4. The summed E-state index contributed by atoms with van der Waals surface area (Å²) in [4.78, 5) is 0. The Morgan fingerprint density at radius 2 is 1.94 bits per heavy atom. The Kier molecular flexibility index (Phi) is 2.63. The van der Waals surface area contributed by atoms with Crippen molar-refractivity contribution in [3.05, 3.63) is 63.9 Å². The minimum absolute atomic E-state index is 0.121. The highest BCUT2D eigenvalue weighted by molar-refractivity contribution is 9.10. The molecule has 2 aromatic rings. The van der Waals surface area contributed by atoms with E-state index in [1.54, 1.807) is 6.07 Å². The second-order valence-corrected chi connectivity index (χ2v) is 5.04. The van der Waals surface area contributed by atoms with E-state index in [1.165, 1.54) is 11.6 Å². The normalized spacial score (nSPS) is 17.6. The second kappa shape index (κ2) is 4.15. The van der Waals surface area contributed by atoms with E-state index in [4.69, 9.17) is 0 Å². The maximum Gasteiger partial charge on any atom is 0.128 e. The number of rotatable bonds is 1. The maximum atomic E-state index is 13.6. The Morgan fingerprint density at radius 1 is 1.12 bits per heavy atom. The first-order valence-corrected chi connectivity index (χ1v) is 6.33. The molecule has 3 rings (SSSR count). The first-order chi connectivity index (χ1) is 8.25. The van der Waals surface area contributed by atoms with Gasteiger partial charge in [0.1, 0.15) is 5.82 Å². The van der Waals surface area contributed by atoms with E-state index in [0.717, 1.165) is 15.7 Å². The van der Waals surface area contributed by atoms with Gasteiger partial charge < -0.3 is 5.32 Å². The summed E-state index contributed by atoms with van der Waals surface area (Å²) in [6.45, 7) is 0. The van der Waals surface area contributed by atoms with Crippen LogP contribution in [0.25, 0.3) is 0 Å². The molecule has 17 heavy (non-hydrogen) atoms. The number of fused-ring (bicyclic) bond motifs is 1. The number of nitrogens with one attached hydrogen (secondary N) is 1. The molecule has 0 spiro atoms. The lowest BCUT2D eigenvalue weighted by atomic mass is 10.0. The molecule has 0 aliphatic carbocycles. The standard InChI is InChI=1S/C14H11BrFN/c15-11-5-2-1-4-9(11)14-8-10-12(16)6-3-7-13(10)17-14/h1-7,14,17H,8H2. The van der Waals surface area contributed by atoms with Gasteiger partial charge in [-0.15, -0.1) is 0 Å². The molecule has 1 aliphatic heterocycles. The third-order valence-electron chi connectivity index (χ3n) is 3.14. The van der Waals surface area contributed by atoms with Gasteiger partial charge in [0.15, 0.2) is 0 Å². The monoisotopic (exact) mass is 291 g/mol. The van der Waals surface area contributed by atoms with Crippen LogP contribution in [0.3, 0.4) is 0 Å². The van der Waals surface area contributed by atoms with Gasteiger partial charge in [-0.05, 0) is 23.8 Å². The van der Waals surface area contributed by atoms with Crippen LogP contribution in [-0.2, 0) is 6.42 Å². The molecule has 1 heterocycles. The molecule has 1 nitrogen and oxygen atoms in total. The highest BCUT2D eigenvalue weighted by atomic mass is 79.9. The average Bonchev–Trinajstić information content (AvgIpc) is 2.75. The molecule has 0 fully saturated rings. The van der Waals surface area contributed by atoms with Gasteiger partial charge in [-0.25, -0.2) is 4.39 Å². The van der Waals surface area contributed by atoms with Gasteiger partial charge in [0, 0.05) is 22.1 Å². The van der Waals surface area contributed by atoms with Crippen molar-refractivity contribution in [3.63, 3.8) is 0 Å². The lowest BCUT2D eigenvalue weighted by Gasteiger charge is -2.13. The fraction of sp³-hybridized carbons (Fsp3) is 0.143. The molecule has 86 valence electrons. The highest BCUT2D eigenvalue weighted by Gasteiger charge is 2.25. The van der Waals surface area contributed by atoms with Gasteiger partial charge in [0.25, 0.3) is 0 Å². The van der Waals surface area contributed by atoms with Crippen LogP contribution in [0.15, 0.2) is 46.9 Å². The quantitative estimate of drug-likeness (QED) is 0.826. The summed E-state index contributed by atoms with van der Waals surface area (Å²) in [5.41, 5.74) is 2.86. The molecule has 0 radical (unpaired) electrons. The molecule has 0 aromatic heterocycles. The van der Waals surface area contributed by atoms with Gasteiger partial charge in [-0.1, -0.05) is 40.2 Å². The predicted molar refractivity (Wildman–Crippen MR) is 70.6 cm³/mol. The zero-order chi connectivity index (χ0) is 11.8. The van der Waals surface area contributed by atoms with E-state index in [9.17, 15) is 4.39 Å². The third kappa shape index (κ3) is 1.84. The number of anilines is 1. The fourth-order valence-corrected chi connectivity index (χ4v) is 2.85. The van der Waals surface area contributed by atoms with Gasteiger partial charge in [0.2, 0.25) is 0 Å². The molecule has 2 aromatic carbocycles. The summed E-state index contributed by atoms with van der Waals surface area (Å²) >= 11 is 3.54. The van der Waals surface area contributed by atoms with E-state index in [2.05, 4.69) is 27.3 Å². The molecule has 0 amide bonds. The lowest BCUT2D eigenvalue weighted by molar-refractivity contribution is 0.610. The van der Waals surface area contributed by atoms with Gasteiger partial charge in [-0.2, -0.15) is 0 Å². The van der Waals surface area contributed by atoms with Crippen molar-refractivity contribution in [2.75, 3.05) is 5.32 Å². The number of halogens is 2. The SMILES string of the molecule is Fc1cccc2c1CC(c1ccccc1Br)N2. The first-order valence-electron chi connectivity index (χ1n) is 5.54. The molecule has 1 atom stereocenters. The van der Waals surface area contributed by atoms with Crippen molar-refractivity contribution in [2.24, 2.45) is 0 Å². The van der Waals surface area contributed by atoms with Crippen molar-refractivity contribution in [3.8, 4) is 0 Å². The van der Waals surface area contributed by atoms with Crippen molar-refractivity contribution in [1.29, 1.82) is 0 Å². The smallest absolute Gasteiger partial charge is 0.128 e. The molecular formula is C14H11BrFN. The van der Waals surface area contributed by atoms with Crippen LogP contribution >= 0.6 is 15.9 Å². The summed E-state index contributed by atoms with van der Waals surface area (Å²) < 4.78 is 14.7. The second-order valence-electron chi connectivity index (χ2n) is 4.19. The zero-order valence-electron chi connectivity index (χ0n) is 9.08. The van der Waals surface area contributed by atoms with Crippen molar-refractivity contribution in [1.82, 2.24) is 0 Å². The van der Waals surface area contributed by atoms with Crippen molar-refractivity contribution in [2.45, 2.75) is 12.5 Å². The van der Waals surface area contributed by atoms with Crippen LogP contribution in [0.5, 0.6) is 0 Å². The summed E-state index contributed by atoms with van der Waals surface area (Å²) in [6.07, 6.45) is 0.699. The summed E-state index contributed by atoms with van der Waals surface area (Å²) in [5, 5.41) is 3.36. The molecular weight excluding hydrogens is 281 g/mol. The molecule has 1 aliphatic rings. The molecule has 1 N–H and O–H groups in total. The van der Waals surface area contributed by atoms with E-state index in [-0.39, 0.29) is 11.9 Å². The molecule has 0 saturated carbocycles. The van der Waals surface area contributed by atoms with Crippen molar-refractivity contribution >= 4 is 21.6 Å². The van der Waals surface area contributed by atoms with E-state index in [1.807, 2.05) is 24.3 Å². The Labute approximate surface area is 108 Å². The highest BCUT2D eigenvalue weighted by Crippen LogP contribution is 2.37. The van der Waals surface area contributed by atoms with E-state index >= 15 is 0 Å². The summed E-state index contributed by atoms with van der Waals surface area (Å²) in [5.74, 6) is -0.121. The van der Waals surface area contributed by atoms with Crippen LogP contribution in [0.4, 0.5) is 10.1 Å². The zero-order valence-corrected chi connectivity index (χ0v) is 10.7. The van der Waals surface area contributed by atoms with Gasteiger partial charge in [-0.3, -0.25) is 0 Å². The Hall–Kier alpha value is -1.35. The van der Waals surface area contributed by atoms with Crippen molar-refractivity contribution < 1.29 is 4.39 Å². The maximum absolute atomic E-state index is 13.6. The van der Waals surface area contributed by atoms with Crippen LogP contribution in [0, 0.1) is 5.82 Å². The first kappa shape index (κ1) is 10.8. The third-order valence-corrected chi connectivity index (χ3v) is 3.86. The van der Waals surface area contributed by atoms with Gasteiger partial charge in [0.05, 0.1) is 6.04 Å².